The van der Waals surface area contributed by atoms with Crippen LogP contribution in [0.25, 0.3) is 0 Å². The maximum absolute atomic E-state index is 5.65. The number of rotatable bonds is 6. The molecule has 0 aliphatic carbocycles. The van der Waals surface area contributed by atoms with E-state index in [1.165, 1.54) is 11.1 Å². The highest BCUT2D eigenvalue weighted by atomic mass is 32.2. The zero-order valence-corrected chi connectivity index (χ0v) is 17.1. The summed E-state index contributed by atoms with van der Waals surface area (Å²) in [6, 6.07) is 8.74. The number of hydrogen-bond donors (Lipinski definition) is 2. The molecule has 2 N–H and O–H groups in total. The van der Waals surface area contributed by atoms with Crippen molar-refractivity contribution in [3.8, 4) is 0 Å². The van der Waals surface area contributed by atoms with E-state index in [2.05, 4.69) is 66.9 Å². The van der Waals surface area contributed by atoms with Gasteiger partial charge in [-0.15, -0.1) is 0 Å². The molecule has 1 aliphatic heterocycles. The molecule has 1 heterocycles. The summed E-state index contributed by atoms with van der Waals surface area (Å²) < 4.78 is 5.83. The molecule has 1 aromatic carbocycles. The SMILES string of the molecule is CN=C(NCC(C)(C)SC)NCC1(c2ccccc2C)CCOCC1. The Hall–Kier alpha value is -1.20. The number of nitrogens with one attached hydrogen (secondary N) is 2. The number of hydrogen-bond acceptors (Lipinski definition) is 3. The summed E-state index contributed by atoms with van der Waals surface area (Å²) in [4.78, 5) is 4.41. The molecule has 5 heteroatoms. The molecular weight excluding hydrogens is 330 g/mol. The Bertz CT molecular complexity index is 580. The quantitative estimate of drug-likeness (QED) is 0.601. The van der Waals surface area contributed by atoms with Gasteiger partial charge in [0.15, 0.2) is 5.96 Å². The second-order valence-corrected chi connectivity index (χ2v) is 8.96. The fraction of sp³-hybridized carbons (Fsp3) is 0.650. The zero-order valence-electron chi connectivity index (χ0n) is 16.3. The molecule has 4 nitrogen and oxygen atoms in total. The summed E-state index contributed by atoms with van der Waals surface area (Å²) in [6.07, 6.45) is 4.23. The lowest BCUT2D eigenvalue weighted by Gasteiger charge is -2.39. The first kappa shape index (κ1) is 20.1. The van der Waals surface area contributed by atoms with E-state index in [9.17, 15) is 0 Å². The van der Waals surface area contributed by atoms with Crippen LogP contribution >= 0.6 is 11.8 Å². The average molecular weight is 364 g/mol. The standard InChI is InChI=1S/C20H33N3OS/c1-16-8-6-7-9-17(16)20(10-12-24-13-11-20)15-23-18(21-4)22-14-19(2,3)25-5/h6-9H,10-15H2,1-5H3,(H2,21,22,23). The van der Waals surface area contributed by atoms with Crippen LogP contribution in [0.5, 0.6) is 0 Å². The first-order chi connectivity index (χ1) is 11.9. The summed E-state index contributed by atoms with van der Waals surface area (Å²) in [5.74, 6) is 0.876. The summed E-state index contributed by atoms with van der Waals surface area (Å²) >= 11 is 1.86. The van der Waals surface area contributed by atoms with Gasteiger partial charge < -0.3 is 15.4 Å². The molecule has 1 saturated heterocycles. The highest BCUT2D eigenvalue weighted by Gasteiger charge is 2.35. The molecule has 25 heavy (non-hydrogen) atoms. The Kier molecular flexibility index (Phi) is 7.20. The second kappa shape index (κ2) is 8.95. The number of nitrogens with zero attached hydrogens (tertiary/aromatic N) is 1. The van der Waals surface area contributed by atoms with Crippen molar-refractivity contribution in [1.82, 2.24) is 10.6 Å². The van der Waals surface area contributed by atoms with E-state index in [0.717, 1.165) is 45.1 Å². The van der Waals surface area contributed by atoms with E-state index in [4.69, 9.17) is 4.74 Å². The van der Waals surface area contributed by atoms with Crippen molar-refractivity contribution in [3.05, 3.63) is 35.4 Å². The zero-order chi connectivity index (χ0) is 18.3. The van der Waals surface area contributed by atoms with Gasteiger partial charge in [0.05, 0.1) is 0 Å². The van der Waals surface area contributed by atoms with Crippen LogP contribution in [0.2, 0.25) is 0 Å². The molecule has 0 amide bonds. The topological polar surface area (TPSA) is 45.7 Å². The summed E-state index contributed by atoms with van der Waals surface area (Å²) in [5, 5.41) is 7.05. The average Bonchev–Trinajstić information content (AvgIpc) is 2.63. The van der Waals surface area contributed by atoms with Crippen molar-refractivity contribution in [2.75, 3.05) is 39.6 Å². The molecule has 0 bridgehead atoms. The maximum Gasteiger partial charge on any atom is 0.191 e. The van der Waals surface area contributed by atoms with E-state index in [0.29, 0.717) is 0 Å². The van der Waals surface area contributed by atoms with Gasteiger partial charge in [0, 0.05) is 43.5 Å². The lowest BCUT2D eigenvalue weighted by Crippen LogP contribution is -2.50. The van der Waals surface area contributed by atoms with E-state index in [-0.39, 0.29) is 10.2 Å². The molecule has 0 spiro atoms. The number of aliphatic imine (C=N–C) groups is 1. The van der Waals surface area contributed by atoms with Gasteiger partial charge in [0.2, 0.25) is 0 Å². The smallest absolute Gasteiger partial charge is 0.191 e. The molecule has 0 radical (unpaired) electrons. The minimum Gasteiger partial charge on any atom is -0.381 e. The fourth-order valence-electron chi connectivity index (χ4n) is 3.31. The van der Waals surface area contributed by atoms with Gasteiger partial charge in [-0.2, -0.15) is 11.8 Å². The first-order valence-corrected chi connectivity index (χ1v) is 10.3. The Morgan fingerprint density at radius 1 is 1.24 bits per heavy atom. The molecule has 140 valence electrons. The minimum absolute atomic E-state index is 0.107. The van der Waals surface area contributed by atoms with Gasteiger partial charge in [-0.3, -0.25) is 4.99 Å². The molecule has 1 aliphatic rings. The highest BCUT2D eigenvalue weighted by Crippen LogP contribution is 2.36. The van der Waals surface area contributed by atoms with Gasteiger partial charge in [-0.25, -0.2) is 0 Å². The van der Waals surface area contributed by atoms with Crippen LogP contribution in [0, 0.1) is 6.92 Å². The van der Waals surface area contributed by atoms with Crippen LogP contribution < -0.4 is 10.6 Å². The van der Waals surface area contributed by atoms with Gasteiger partial charge in [-0.1, -0.05) is 24.3 Å². The van der Waals surface area contributed by atoms with Crippen LogP contribution in [0.4, 0.5) is 0 Å². The van der Waals surface area contributed by atoms with Crippen molar-refractivity contribution < 1.29 is 4.74 Å². The van der Waals surface area contributed by atoms with Crippen molar-refractivity contribution in [3.63, 3.8) is 0 Å². The maximum atomic E-state index is 5.65. The van der Waals surface area contributed by atoms with Crippen LogP contribution in [-0.2, 0) is 10.2 Å². The van der Waals surface area contributed by atoms with Gasteiger partial charge in [-0.05, 0) is 51.0 Å². The van der Waals surface area contributed by atoms with Crippen molar-refractivity contribution in [1.29, 1.82) is 0 Å². The molecule has 2 rings (SSSR count). The Labute approximate surface area is 157 Å². The highest BCUT2D eigenvalue weighted by molar-refractivity contribution is 7.99. The second-order valence-electron chi connectivity index (χ2n) is 7.45. The minimum atomic E-state index is 0.107. The lowest BCUT2D eigenvalue weighted by atomic mass is 9.72. The monoisotopic (exact) mass is 363 g/mol. The summed E-state index contributed by atoms with van der Waals surface area (Å²) in [7, 11) is 1.84. The Morgan fingerprint density at radius 2 is 1.92 bits per heavy atom. The van der Waals surface area contributed by atoms with Gasteiger partial charge in [0.1, 0.15) is 0 Å². The number of benzene rings is 1. The van der Waals surface area contributed by atoms with E-state index < -0.39 is 0 Å². The van der Waals surface area contributed by atoms with Crippen molar-refractivity contribution >= 4 is 17.7 Å². The van der Waals surface area contributed by atoms with E-state index >= 15 is 0 Å². The predicted octanol–water partition coefficient (Wildman–Crippen LogP) is 3.35. The molecule has 0 atom stereocenters. The lowest BCUT2D eigenvalue weighted by molar-refractivity contribution is 0.0512. The third-order valence-corrected chi connectivity index (χ3v) is 6.47. The van der Waals surface area contributed by atoms with Crippen LogP contribution in [0.3, 0.4) is 0 Å². The molecule has 1 aromatic rings. The third kappa shape index (κ3) is 5.38. The predicted molar refractivity (Wildman–Crippen MR) is 110 cm³/mol. The fourth-order valence-corrected chi connectivity index (χ4v) is 3.53. The molecule has 0 saturated carbocycles. The molecule has 0 unspecified atom stereocenters. The Morgan fingerprint density at radius 3 is 2.52 bits per heavy atom. The number of ether oxygens (including phenoxy) is 1. The van der Waals surface area contributed by atoms with Crippen molar-refractivity contribution in [2.24, 2.45) is 4.99 Å². The van der Waals surface area contributed by atoms with Gasteiger partial charge in [0.25, 0.3) is 0 Å². The van der Waals surface area contributed by atoms with Crippen LogP contribution in [0.1, 0.15) is 37.8 Å². The molecule has 0 aromatic heterocycles. The van der Waals surface area contributed by atoms with Crippen molar-refractivity contribution in [2.45, 2.75) is 43.8 Å². The summed E-state index contributed by atoms with van der Waals surface area (Å²) in [6.45, 7) is 10.1. The largest absolute Gasteiger partial charge is 0.381 e. The third-order valence-electron chi connectivity index (χ3n) is 5.22. The van der Waals surface area contributed by atoms with Crippen LogP contribution in [-0.4, -0.2) is 50.3 Å². The molecule has 1 fully saturated rings. The van der Waals surface area contributed by atoms with E-state index in [1.54, 1.807) is 0 Å². The summed E-state index contributed by atoms with van der Waals surface area (Å²) in [5.41, 5.74) is 2.90. The van der Waals surface area contributed by atoms with Gasteiger partial charge >= 0.3 is 0 Å². The number of aryl methyl sites for hydroxylation is 1. The number of thioether (sulfide) groups is 1. The molecular formula is C20H33N3OS. The first-order valence-electron chi connectivity index (χ1n) is 9.06. The normalized spacial score (nSPS) is 18.0. The number of guanidine groups is 1. The van der Waals surface area contributed by atoms with Crippen LogP contribution in [0.15, 0.2) is 29.3 Å². The van der Waals surface area contributed by atoms with E-state index in [1.807, 2.05) is 18.8 Å². The Balaban J connectivity index is 2.09.